The number of benzene rings is 1. The zero-order valence-electron chi connectivity index (χ0n) is 13.3. The monoisotopic (exact) mass is 338 g/mol. The number of aromatic hydroxyl groups is 1. The van der Waals surface area contributed by atoms with Crippen molar-refractivity contribution >= 4 is 11.8 Å². The van der Waals surface area contributed by atoms with E-state index in [1.165, 1.54) is 19.1 Å². The summed E-state index contributed by atoms with van der Waals surface area (Å²) in [5.74, 6) is -4.38. The fourth-order valence-corrected chi connectivity index (χ4v) is 3.55. The van der Waals surface area contributed by atoms with Crippen molar-refractivity contribution in [2.75, 3.05) is 0 Å². The quantitative estimate of drug-likeness (QED) is 0.763. The van der Waals surface area contributed by atoms with E-state index in [1.807, 2.05) is 0 Å². The molecule has 0 spiro atoms. The van der Waals surface area contributed by atoms with E-state index in [1.54, 1.807) is 12.1 Å². The number of rotatable bonds is 5. The van der Waals surface area contributed by atoms with E-state index in [0.29, 0.717) is 0 Å². The van der Waals surface area contributed by atoms with Gasteiger partial charge in [-0.3, -0.25) is 9.59 Å². The summed E-state index contributed by atoms with van der Waals surface area (Å²) in [4.78, 5) is 23.8. The van der Waals surface area contributed by atoms with Crippen molar-refractivity contribution in [1.82, 2.24) is 10.6 Å². The van der Waals surface area contributed by atoms with Gasteiger partial charge in [0, 0.05) is 31.2 Å². The van der Waals surface area contributed by atoms with Crippen LogP contribution in [0.5, 0.6) is 5.75 Å². The second-order valence-electron chi connectivity index (χ2n) is 6.69. The van der Waals surface area contributed by atoms with Crippen LogP contribution < -0.4 is 10.6 Å². The number of halogens is 2. The summed E-state index contributed by atoms with van der Waals surface area (Å²) in [6, 6.07) is 5.31. The topological polar surface area (TPSA) is 78.4 Å². The number of amides is 2. The van der Waals surface area contributed by atoms with Gasteiger partial charge < -0.3 is 15.7 Å². The van der Waals surface area contributed by atoms with Gasteiger partial charge >= 0.3 is 0 Å². The highest BCUT2D eigenvalue weighted by atomic mass is 19.3. The van der Waals surface area contributed by atoms with Gasteiger partial charge in [-0.15, -0.1) is 0 Å². The first-order valence-corrected chi connectivity index (χ1v) is 8.00. The molecule has 2 saturated carbocycles. The first-order chi connectivity index (χ1) is 11.3. The highest BCUT2D eigenvalue weighted by molar-refractivity contribution is 5.87. The second-order valence-corrected chi connectivity index (χ2v) is 6.69. The summed E-state index contributed by atoms with van der Waals surface area (Å²) >= 11 is 0. The third-order valence-corrected chi connectivity index (χ3v) is 4.86. The van der Waals surface area contributed by atoms with Crippen LogP contribution in [0, 0.1) is 11.8 Å². The van der Waals surface area contributed by atoms with Crippen molar-refractivity contribution in [1.29, 1.82) is 0 Å². The molecule has 0 heterocycles. The van der Waals surface area contributed by atoms with Gasteiger partial charge in [0.1, 0.15) is 11.8 Å². The zero-order valence-corrected chi connectivity index (χ0v) is 13.3. The molecule has 2 unspecified atom stereocenters. The Labute approximate surface area is 138 Å². The average Bonchev–Trinajstić information content (AvgIpc) is 2.87. The van der Waals surface area contributed by atoms with Crippen LogP contribution in [0.3, 0.4) is 0 Å². The summed E-state index contributed by atoms with van der Waals surface area (Å²) in [5, 5.41) is 14.7. The number of hydrogen-bond acceptors (Lipinski definition) is 3. The van der Waals surface area contributed by atoms with Gasteiger partial charge in [0.05, 0.1) is 0 Å². The maximum Gasteiger partial charge on any atom is 0.254 e. The number of phenols is 1. The van der Waals surface area contributed by atoms with Crippen molar-refractivity contribution in [3.8, 4) is 5.75 Å². The number of carbonyl (C=O) groups is 2. The van der Waals surface area contributed by atoms with Crippen molar-refractivity contribution in [2.45, 2.75) is 44.2 Å². The molecule has 3 atom stereocenters. The van der Waals surface area contributed by atoms with Gasteiger partial charge in [-0.2, -0.15) is 0 Å². The molecule has 130 valence electrons. The maximum atomic E-state index is 13.2. The van der Waals surface area contributed by atoms with Crippen LogP contribution in [0.1, 0.15) is 25.3 Å². The van der Waals surface area contributed by atoms with Crippen LogP contribution >= 0.6 is 0 Å². The molecule has 0 saturated heterocycles. The predicted octanol–water partition coefficient (Wildman–Crippen LogP) is 1.60. The van der Waals surface area contributed by atoms with E-state index < -0.39 is 23.8 Å². The third-order valence-electron chi connectivity index (χ3n) is 4.86. The van der Waals surface area contributed by atoms with Crippen LogP contribution in [-0.2, 0) is 16.0 Å². The zero-order chi connectivity index (χ0) is 17.5. The highest BCUT2D eigenvalue weighted by Crippen LogP contribution is 2.63. The molecule has 0 radical (unpaired) electrons. The molecular formula is C17H20F2N2O3. The minimum atomic E-state index is -2.57. The Kier molecular flexibility index (Phi) is 4.19. The minimum Gasteiger partial charge on any atom is -0.508 e. The van der Waals surface area contributed by atoms with E-state index in [9.17, 15) is 23.5 Å². The van der Waals surface area contributed by atoms with Crippen molar-refractivity contribution in [3.63, 3.8) is 0 Å². The Morgan fingerprint density at radius 2 is 1.83 bits per heavy atom. The summed E-state index contributed by atoms with van der Waals surface area (Å²) in [5.41, 5.74) is 0.780. The van der Waals surface area contributed by atoms with Crippen LogP contribution in [0.25, 0.3) is 0 Å². The van der Waals surface area contributed by atoms with Gasteiger partial charge in [-0.1, -0.05) is 12.1 Å². The van der Waals surface area contributed by atoms with Gasteiger partial charge in [-0.05, 0) is 30.5 Å². The molecule has 2 amide bonds. The molecule has 7 heteroatoms. The van der Waals surface area contributed by atoms with Gasteiger partial charge in [-0.25, -0.2) is 8.78 Å². The number of hydrogen-bond donors (Lipinski definition) is 3. The molecule has 3 rings (SSSR count). The lowest BCUT2D eigenvalue weighted by Gasteiger charge is -2.22. The Bertz CT molecular complexity index is 634. The summed E-state index contributed by atoms with van der Waals surface area (Å²) in [6.45, 7) is 1.32. The molecule has 3 N–H and O–H groups in total. The Hall–Kier alpha value is -2.18. The molecule has 0 aromatic heterocycles. The summed E-state index contributed by atoms with van der Waals surface area (Å²) in [6.07, 6.45) is 0.840. The van der Waals surface area contributed by atoms with Crippen LogP contribution in [0.2, 0.25) is 0 Å². The molecule has 0 aliphatic heterocycles. The second kappa shape index (κ2) is 6.03. The number of carbonyl (C=O) groups excluding carboxylic acids is 2. The Balaban J connectivity index is 1.59. The lowest BCUT2D eigenvalue weighted by Crippen LogP contribution is -2.50. The number of phenolic OH excluding ortho intramolecular Hbond substituents is 1. The fourth-order valence-electron chi connectivity index (χ4n) is 3.55. The minimum absolute atomic E-state index is 0.116. The van der Waals surface area contributed by atoms with E-state index in [-0.39, 0.29) is 42.9 Å². The standard InChI is InChI=1S/C17H20F2N2O3/c1-9(22)20-15(6-10-2-4-12(23)5-3-10)16(24)21-11-7-13-14(8-11)17(13,18)19/h2-5,11,13-15,23H,6-8H2,1H3,(H,20,22)(H,21,24)/t11?,13?,14?,15-/m0/s1. The van der Waals surface area contributed by atoms with E-state index in [2.05, 4.69) is 10.6 Å². The molecule has 1 aromatic carbocycles. The summed E-state index contributed by atoms with van der Waals surface area (Å²) < 4.78 is 26.4. The molecule has 2 fully saturated rings. The Morgan fingerprint density at radius 3 is 2.38 bits per heavy atom. The van der Waals surface area contributed by atoms with E-state index in [4.69, 9.17) is 0 Å². The van der Waals surface area contributed by atoms with Crippen molar-refractivity contribution in [3.05, 3.63) is 29.8 Å². The molecule has 2 aliphatic rings. The van der Waals surface area contributed by atoms with Gasteiger partial charge in [0.25, 0.3) is 5.92 Å². The normalized spacial score (nSPS) is 27.9. The lowest BCUT2D eigenvalue weighted by molar-refractivity contribution is -0.128. The first-order valence-electron chi connectivity index (χ1n) is 8.00. The summed E-state index contributed by atoms with van der Waals surface area (Å²) in [7, 11) is 0. The van der Waals surface area contributed by atoms with Gasteiger partial charge in [0.15, 0.2) is 0 Å². The third kappa shape index (κ3) is 3.34. The smallest absolute Gasteiger partial charge is 0.254 e. The highest BCUT2D eigenvalue weighted by Gasteiger charge is 2.71. The van der Waals surface area contributed by atoms with Crippen molar-refractivity contribution in [2.24, 2.45) is 11.8 Å². The van der Waals surface area contributed by atoms with Crippen LogP contribution in [0.15, 0.2) is 24.3 Å². The molecular weight excluding hydrogens is 318 g/mol. The molecule has 1 aromatic rings. The van der Waals surface area contributed by atoms with Gasteiger partial charge in [0.2, 0.25) is 11.8 Å². The molecule has 2 aliphatic carbocycles. The largest absolute Gasteiger partial charge is 0.508 e. The maximum absolute atomic E-state index is 13.2. The number of fused-ring (bicyclic) bond motifs is 1. The predicted molar refractivity (Wildman–Crippen MR) is 82.5 cm³/mol. The molecule has 0 bridgehead atoms. The number of alkyl halides is 2. The van der Waals surface area contributed by atoms with Crippen LogP contribution in [-0.4, -0.2) is 34.9 Å². The van der Waals surface area contributed by atoms with Crippen molar-refractivity contribution < 1.29 is 23.5 Å². The van der Waals surface area contributed by atoms with E-state index in [0.717, 1.165) is 5.56 Å². The molecule has 24 heavy (non-hydrogen) atoms. The Morgan fingerprint density at radius 1 is 1.25 bits per heavy atom. The van der Waals surface area contributed by atoms with E-state index >= 15 is 0 Å². The first kappa shape index (κ1) is 16.7. The lowest BCUT2D eigenvalue weighted by atomic mass is 10.0. The number of nitrogens with one attached hydrogen (secondary N) is 2. The average molecular weight is 338 g/mol. The fraction of sp³-hybridized carbons (Fsp3) is 0.529. The SMILES string of the molecule is CC(=O)N[C@@H](Cc1ccc(O)cc1)C(=O)NC1CC2C(C1)C2(F)F. The van der Waals surface area contributed by atoms with Crippen LogP contribution in [0.4, 0.5) is 8.78 Å². The molecule has 5 nitrogen and oxygen atoms in total.